The first-order valence-electron chi connectivity index (χ1n) is 5.25. The number of halogens is 5. The van der Waals surface area contributed by atoms with Crippen LogP contribution in [0.25, 0.3) is 0 Å². The summed E-state index contributed by atoms with van der Waals surface area (Å²) in [7, 11) is 0. The molecule has 0 aliphatic rings. The fourth-order valence-electron chi connectivity index (χ4n) is 1.70. The first-order chi connectivity index (χ1) is 8.91. The summed E-state index contributed by atoms with van der Waals surface area (Å²) in [5.74, 6) is -2.01. The van der Waals surface area contributed by atoms with Gasteiger partial charge in [0.1, 0.15) is 0 Å². The van der Waals surface area contributed by atoms with Crippen LogP contribution in [0.5, 0.6) is 0 Å². The summed E-state index contributed by atoms with van der Waals surface area (Å²) >= 11 is 15.3. The van der Waals surface area contributed by atoms with Crippen LogP contribution in [0.4, 0.5) is 8.78 Å². The van der Waals surface area contributed by atoms with Gasteiger partial charge in [0.15, 0.2) is 11.6 Å². The van der Waals surface area contributed by atoms with Gasteiger partial charge in [0, 0.05) is 9.50 Å². The van der Waals surface area contributed by atoms with Crippen LogP contribution in [0.2, 0.25) is 10.0 Å². The summed E-state index contributed by atoms with van der Waals surface area (Å²) in [5, 5.41) is 0.471. The maximum Gasteiger partial charge on any atom is 0.160 e. The van der Waals surface area contributed by atoms with E-state index in [1.807, 2.05) is 0 Å². The van der Waals surface area contributed by atoms with Crippen LogP contribution in [0.1, 0.15) is 17.2 Å². The van der Waals surface area contributed by atoms with Crippen LogP contribution in [0, 0.1) is 11.6 Å². The fourth-order valence-corrected chi connectivity index (χ4v) is 2.60. The molecule has 2 aromatic rings. The Bertz CT molecular complexity index is 634. The van der Waals surface area contributed by atoms with E-state index in [0.717, 1.165) is 12.1 Å². The molecule has 2 N–H and O–H groups in total. The molecule has 0 aliphatic heterocycles. The number of nitrogens with two attached hydrogens (primary N) is 1. The molecule has 0 bridgehead atoms. The molecule has 0 aromatic heterocycles. The predicted octanol–water partition coefficient (Wildman–Crippen LogP) is 5.08. The number of hydrogen-bond donors (Lipinski definition) is 1. The van der Waals surface area contributed by atoms with Gasteiger partial charge in [-0.1, -0.05) is 35.3 Å². The fraction of sp³-hybridized carbons (Fsp3) is 0.0769. The molecule has 2 aromatic carbocycles. The van der Waals surface area contributed by atoms with Gasteiger partial charge in [-0.05, 0) is 45.3 Å². The Balaban J connectivity index is 2.53. The lowest BCUT2D eigenvalue weighted by molar-refractivity contribution is 0.506. The second kappa shape index (κ2) is 5.75. The Morgan fingerprint density at radius 2 is 1.68 bits per heavy atom. The van der Waals surface area contributed by atoms with Crippen molar-refractivity contribution >= 4 is 39.1 Å². The molecule has 1 nitrogen and oxygen atoms in total. The third-order valence-electron chi connectivity index (χ3n) is 2.69. The molecule has 0 heterocycles. The lowest BCUT2D eigenvalue weighted by atomic mass is 9.99. The number of rotatable bonds is 2. The molecule has 0 amide bonds. The Morgan fingerprint density at radius 3 is 2.37 bits per heavy atom. The maximum absolute atomic E-state index is 13.3. The molecule has 1 atom stereocenters. The van der Waals surface area contributed by atoms with Crippen molar-refractivity contribution in [3.63, 3.8) is 0 Å². The first kappa shape index (κ1) is 14.7. The van der Waals surface area contributed by atoms with Gasteiger partial charge < -0.3 is 5.73 Å². The van der Waals surface area contributed by atoms with Crippen molar-refractivity contribution in [2.24, 2.45) is 5.73 Å². The highest BCUT2D eigenvalue weighted by Crippen LogP contribution is 2.35. The SMILES string of the molecule is NC(c1cc(F)c(F)cc1Cl)c1cccc(Br)c1Cl. The van der Waals surface area contributed by atoms with Gasteiger partial charge in [-0.15, -0.1) is 0 Å². The molecule has 0 fully saturated rings. The van der Waals surface area contributed by atoms with Gasteiger partial charge in [-0.25, -0.2) is 8.78 Å². The number of benzene rings is 2. The average Bonchev–Trinajstić information content (AvgIpc) is 2.36. The van der Waals surface area contributed by atoms with E-state index >= 15 is 0 Å². The van der Waals surface area contributed by atoms with E-state index in [1.165, 1.54) is 0 Å². The Labute approximate surface area is 127 Å². The van der Waals surface area contributed by atoms with E-state index in [4.69, 9.17) is 28.9 Å². The second-order valence-corrected chi connectivity index (χ2v) is 5.55. The summed E-state index contributed by atoms with van der Waals surface area (Å²) in [6, 6.07) is 6.35. The van der Waals surface area contributed by atoms with Crippen molar-refractivity contribution in [3.8, 4) is 0 Å². The minimum absolute atomic E-state index is 0.0578. The van der Waals surface area contributed by atoms with Crippen molar-refractivity contribution in [1.29, 1.82) is 0 Å². The molecule has 6 heteroatoms. The van der Waals surface area contributed by atoms with Gasteiger partial charge in [0.25, 0.3) is 0 Å². The van der Waals surface area contributed by atoms with Gasteiger partial charge in [-0.2, -0.15) is 0 Å². The van der Waals surface area contributed by atoms with Crippen LogP contribution < -0.4 is 5.73 Å². The topological polar surface area (TPSA) is 26.0 Å². The molecule has 0 aliphatic carbocycles. The predicted molar refractivity (Wildman–Crippen MR) is 76.6 cm³/mol. The maximum atomic E-state index is 13.3. The van der Waals surface area contributed by atoms with Crippen molar-refractivity contribution in [1.82, 2.24) is 0 Å². The molecule has 1 unspecified atom stereocenters. The normalized spacial score (nSPS) is 12.5. The molecule has 19 heavy (non-hydrogen) atoms. The molecule has 0 spiro atoms. The summed E-state index contributed by atoms with van der Waals surface area (Å²) in [6.07, 6.45) is 0. The monoisotopic (exact) mass is 365 g/mol. The quantitative estimate of drug-likeness (QED) is 0.736. The highest BCUT2D eigenvalue weighted by molar-refractivity contribution is 9.10. The Hall–Kier alpha value is -0.680. The largest absolute Gasteiger partial charge is 0.320 e. The van der Waals surface area contributed by atoms with Crippen molar-refractivity contribution in [2.75, 3.05) is 0 Å². The van der Waals surface area contributed by atoms with Gasteiger partial charge in [0.2, 0.25) is 0 Å². The van der Waals surface area contributed by atoms with Crippen LogP contribution in [0.3, 0.4) is 0 Å². The van der Waals surface area contributed by atoms with Crippen molar-refractivity contribution < 1.29 is 8.78 Å². The smallest absolute Gasteiger partial charge is 0.160 e. The van der Waals surface area contributed by atoms with E-state index < -0.39 is 17.7 Å². The highest BCUT2D eigenvalue weighted by atomic mass is 79.9. The summed E-state index contributed by atoms with van der Waals surface area (Å²) in [4.78, 5) is 0. The Morgan fingerprint density at radius 1 is 1.05 bits per heavy atom. The third-order valence-corrected chi connectivity index (χ3v) is 4.33. The lowest BCUT2D eigenvalue weighted by Crippen LogP contribution is -2.13. The minimum atomic E-state index is -1.01. The zero-order chi connectivity index (χ0) is 14.2. The van der Waals surface area contributed by atoms with Crippen LogP contribution >= 0.6 is 39.1 Å². The van der Waals surface area contributed by atoms with Crippen molar-refractivity contribution in [3.05, 3.63) is 67.6 Å². The molecular formula is C13H8BrCl2F2N. The molecule has 0 saturated heterocycles. The van der Waals surface area contributed by atoms with Crippen LogP contribution in [-0.4, -0.2) is 0 Å². The summed E-state index contributed by atoms with van der Waals surface area (Å²) in [5.41, 5.74) is 6.88. The van der Waals surface area contributed by atoms with Crippen LogP contribution in [0.15, 0.2) is 34.8 Å². The van der Waals surface area contributed by atoms with E-state index in [-0.39, 0.29) is 10.6 Å². The van der Waals surface area contributed by atoms with E-state index in [9.17, 15) is 8.78 Å². The lowest BCUT2D eigenvalue weighted by Gasteiger charge is -2.16. The van der Waals surface area contributed by atoms with Crippen molar-refractivity contribution in [2.45, 2.75) is 6.04 Å². The summed E-state index contributed by atoms with van der Waals surface area (Å²) in [6.45, 7) is 0. The molecule has 100 valence electrons. The molecule has 0 radical (unpaired) electrons. The van der Waals surface area contributed by atoms with Crippen LogP contribution in [-0.2, 0) is 0 Å². The van der Waals surface area contributed by atoms with E-state index in [1.54, 1.807) is 18.2 Å². The molecular weight excluding hydrogens is 359 g/mol. The third kappa shape index (κ3) is 2.92. The second-order valence-electron chi connectivity index (χ2n) is 3.91. The average molecular weight is 367 g/mol. The van der Waals surface area contributed by atoms with Gasteiger partial charge in [-0.3, -0.25) is 0 Å². The molecule has 0 saturated carbocycles. The zero-order valence-corrected chi connectivity index (χ0v) is 12.5. The van der Waals surface area contributed by atoms with E-state index in [0.29, 0.717) is 15.1 Å². The minimum Gasteiger partial charge on any atom is -0.320 e. The highest BCUT2D eigenvalue weighted by Gasteiger charge is 2.19. The van der Waals surface area contributed by atoms with Gasteiger partial charge in [0.05, 0.1) is 11.1 Å². The number of hydrogen-bond acceptors (Lipinski definition) is 1. The molecule has 2 rings (SSSR count). The zero-order valence-electron chi connectivity index (χ0n) is 9.43. The van der Waals surface area contributed by atoms with E-state index in [2.05, 4.69) is 15.9 Å². The first-order valence-corrected chi connectivity index (χ1v) is 6.80. The standard InChI is InChI=1S/C13H8BrCl2F2N/c14-8-3-1-2-6(12(8)16)13(19)7-4-10(17)11(18)5-9(7)15/h1-5,13H,19H2. The Kier molecular flexibility index (Phi) is 4.46. The van der Waals surface area contributed by atoms with Gasteiger partial charge >= 0.3 is 0 Å². The summed E-state index contributed by atoms with van der Waals surface area (Å²) < 4.78 is 27.0.